The lowest BCUT2D eigenvalue weighted by Crippen LogP contribution is -2.44. The molecule has 0 aliphatic carbocycles. The molecular formula is C20H24ClF3N4O2. The first-order valence-electron chi connectivity index (χ1n) is 9.62. The first kappa shape index (κ1) is 22.6. The van der Waals surface area contributed by atoms with E-state index in [4.69, 9.17) is 16.3 Å². The van der Waals surface area contributed by atoms with E-state index in [1.54, 1.807) is 13.8 Å². The number of carbonyl (C=O) groups excluding carboxylic acids is 1. The minimum absolute atomic E-state index is 0.0161. The van der Waals surface area contributed by atoms with Gasteiger partial charge in [-0.25, -0.2) is 0 Å². The van der Waals surface area contributed by atoms with Gasteiger partial charge in [-0.2, -0.15) is 18.3 Å². The largest absolute Gasteiger partial charge is 0.416 e. The highest BCUT2D eigenvalue weighted by Gasteiger charge is 2.31. The predicted octanol–water partition coefficient (Wildman–Crippen LogP) is 3.36. The second-order valence-corrected chi connectivity index (χ2v) is 7.61. The summed E-state index contributed by atoms with van der Waals surface area (Å²) in [4.78, 5) is 14.6. The number of hydrogen-bond acceptors (Lipinski definition) is 4. The Kier molecular flexibility index (Phi) is 7.05. The van der Waals surface area contributed by atoms with Crippen molar-refractivity contribution >= 4 is 17.5 Å². The van der Waals surface area contributed by atoms with Gasteiger partial charge in [0.1, 0.15) is 6.54 Å². The van der Waals surface area contributed by atoms with Gasteiger partial charge in [-0.1, -0.05) is 23.7 Å². The number of halogens is 4. The van der Waals surface area contributed by atoms with Crippen molar-refractivity contribution in [3.8, 4) is 0 Å². The predicted molar refractivity (Wildman–Crippen MR) is 106 cm³/mol. The van der Waals surface area contributed by atoms with Crippen molar-refractivity contribution in [3.63, 3.8) is 0 Å². The molecule has 2 heterocycles. The molecule has 1 saturated heterocycles. The van der Waals surface area contributed by atoms with Crippen LogP contribution < -0.4 is 5.32 Å². The van der Waals surface area contributed by atoms with Crippen molar-refractivity contribution in [2.45, 2.75) is 32.6 Å². The summed E-state index contributed by atoms with van der Waals surface area (Å²) in [7, 11) is 0. The SMILES string of the molecule is Cc1nn(CC(=O)NCC(c2ccc(C(F)(F)F)cc2)N2CCOCC2)c(C)c1Cl. The number of alkyl halides is 3. The van der Waals surface area contributed by atoms with Gasteiger partial charge in [0, 0.05) is 19.6 Å². The van der Waals surface area contributed by atoms with Crippen molar-refractivity contribution in [2.75, 3.05) is 32.8 Å². The van der Waals surface area contributed by atoms with E-state index in [1.807, 2.05) is 0 Å². The molecule has 1 aromatic heterocycles. The number of rotatable bonds is 6. The summed E-state index contributed by atoms with van der Waals surface area (Å²) >= 11 is 6.12. The summed E-state index contributed by atoms with van der Waals surface area (Å²) in [5, 5.41) is 7.65. The van der Waals surface area contributed by atoms with Crippen molar-refractivity contribution in [3.05, 3.63) is 51.8 Å². The molecule has 0 saturated carbocycles. The Morgan fingerprint density at radius 3 is 2.40 bits per heavy atom. The zero-order valence-electron chi connectivity index (χ0n) is 16.8. The van der Waals surface area contributed by atoms with E-state index in [0.717, 1.165) is 12.1 Å². The number of aryl methyl sites for hydroxylation is 1. The normalized spacial score (nSPS) is 16.5. The third-order valence-electron chi connectivity index (χ3n) is 5.19. The lowest BCUT2D eigenvalue weighted by molar-refractivity contribution is -0.137. The molecule has 1 aliphatic rings. The van der Waals surface area contributed by atoms with Crippen LogP contribution >= 0.6 is 11.6 Å². The molecule has 164 valence electrons. The van der Waals surface area contributed by atoms with Crippen LogP contribution in [-0.4, -0.2) is 53.4 Å². The van der Waals surface area contributed by atoms with Crippen LogP contribution in [0.15, 0.2) is 24.3 Å². The van der Waals surface area contributed by atoms with E-state index in [0.29, 0.717) is 48.3 Å². The summed E-state index contributed by atoms with van der Waals surface area (Å²) in [6.07, 6.45) is -4.39. The number of morpholine rings is 1. The average molecular weight is 445 g/mol. The van der Waals surface area contributed by atoms with Gasteiger partial charge in [-0.05, 0) is 31.5 Å². The Morgan fingerprint density at radius 2 is 1.87 bits per heavy atom. The third-order valence-corrected chi connectivity index (χ3v) is 5.74. The van der Waals surface area contributed by atoms with Gasteiger partial charge in [0.15, 0.2) is 0 Å². The van der Waals surface area contributed by atoms with Crippen LogP contribution in [-0.2, 0) is 22.3 Å². The molecule has 1 fully saturated rings. The van der Waals surface area contributed by atoms with E-state index in [1.165, 1.54) is 16.8 Å². The molecule has 1 atom stereocenters. The monoisotopic (exact) mass is 444 g/mol. The van der Waals surface area contributed by atoms with Crippen LogP contribution in [0.5, 0.6) is 0 Å². The molecule has 0 spiro atoms. The van der Waals surface area contributed by atoms with Gasteiger partial charge in [0.05, 0.1) is 41.2 Å². The van der Waals surface area contributed by atoms with Crippen LogP contribution in [0.2, 0.25) is 5.02 Å². The van der Waals surface area contributed by atoms with Gasteiger partial charge in [0.25, 0.3) is 0 Å². The Hall–Kier alpha value is -2.10. The zero-order chi connectivity index (χ0) is 21.9. The van der Waals surface area contributed by atoms with E-state index in [2.05, 4.69) is 15.3 Å². The second kappa shape index (κ2) is 9.36. The lowest BCUT2D eigenvalue weighted by atomic mass is 10.0. The minimum Gasteiger partial charge on any atom is -0.379 e. The number of nitrogens with zero attached hydrogens (tertiary/aromatic N) is 3. The van der Waals surface area contributed by atoms with Crippen molar-refractivity contribution < 1.29 is 22.7 Å². The Morgan fingerprint density at radius 1 is 1.23 bits per heavy atom. The fourth-order valence-electron chi connectivity index (χ4n) is 3.47. The maximum absolute atomic E-state index is 12.9. The van der Waals surface area contributed by atoms with Crippen LogP contribution in [0.25, 0.3) is 0 Å². The minimum atomic E-state index is -4.39. The number of benzene rings is 1. The molecule has 1 aromatic carbocycles. The highest BCUT2D eigenvalue weighted by atomic mass is 35.5. The van der Waals surface area contributed by atoms with Crippen LogP contribution in [0.3, 0.4) is 0 Å². The van der Waals surface area contributed by atoms with Gasteiger partial charge >= 0.3 is 6.18 Å². The highest BCUT2D eigenvalue weighted by Crippen LogP contribution is 2.31. The van der Waals surface area contributed by atoms with Crippen LogP contribution in [0.4, 0.5) is 13.2 Å². The molecule has 30 heavy (non-hydrogen) atoms. The summed E-state index contributed by atoms with van der Waals surface area (Å²) < 4.78 is 45.6. The average Bonchev–Trinajstić information content (AvgIpc) is 2.95. The number of aromatic nitrogens is 2. The molecule has 10 heteroatoms. The van der Waals surface area contributed by atoms with E-state index >= 15 is 0 Å². The molecule has 1 aliphatic heterocycles. The Bertz CT molecular complexity index is 877. The maximum Gasteiger partial charge on any atom is 0.416 e. The van der Waals surface area contributed by atoms with Crippen LogP contribution in [0.1, 0.15) is 28.6 Å². The number of ether oxygens (including phenoxy) is 1. The lowest BCUT2D eigenvalue weighted by Gasteiger charge is -2.35. The summed E-state index contributed by atoms with van der Waals surface area (Å²) in [6, 6.07) is 4.82. The molecule has 0 radical (unpaired) electrons. The van der Waals surface area contributed by atoms with Gasteiger partial charge in [0.2, 0.25) is 5.91 Å². The fraction of sp³-hybridized carbons (Fsp3) is 0.500. The molecule has 2 aromatic rings. The standard InChI is InChI=1S/C20H24ClF3N4O2/c1-13-19(21)14(2)28(26-13)12-18(29)25-11-17(27-7-9-30-10-8-27)15-3-5-16(6-4-15)20(22,23)24/h3-6,17H,7-12H2,1-2H3,(H,25,29). The zero-order valence-corrected chi connectivity index (χ0v) is 17.6. The number of hydrogen-bond donors (Lipinski definition) is 1. The van der Waals surface area contributed by atoms with E-state index in [9.17, 15) is 18.0 Å². The number of carbonyl (C=O) groups is 1. The van der Waals surface area contributed by atoms with E-state index in [-0.39, 0.29) is 25.0 Å². The Balaban J connectivity index is 1.71. The van der Waals surface area contributed by atoms with Gasteiger partial charge in [-0.3, -0.25) is 14.4 Å². The molecule has 1 amide bonds. The second-order valence-electron chi connectivity index (χ2n) is 7.23. The quantitative estimate of drug-likeness (QED) is 0.742. The number of amides is 1. The molecule has 3 rings (SSSR count). The summed E-state index contributed by atoms with van der Waals surface area (Å²) in [5.41, 5.74) is 1.37. The van der Waals surface area contributed by atoms with Crippen molar-refractivity contribution in [1.29, 1.82) is 0 Å². The Labute approximate surface area is 177 Å². The van der Waals surface area contributed by atoms with Gasteiger partial charge < -0.3 is 10.1 Å². The van der Waals surface area contributed by atoms with Gasteiger partial charge in [-0.15, -0.1) is 0 Å². The maximum atomic E-state index is 12.9. The van der Waals surface area contributed by atoms with Crippen molar-refractivity contribution in [1.82, 2.24) is 20.0 Å². The summed E-state index contributed by atoms with van der Waals surface area (Å²) in [5.74, 6) is -0.248. The fourth-order valence-corrected chi connectivity index (χ4v) is 3.61. The first-order chi connectivity index (χ1) is 14.2. The first-order valence-corrected chi connectivity index (χ1v) is 9.99. The third kappa shape index (κ3) is 5.33. The smallest absolute Gasteiger partial charge is 0.379 e. The van der Waals surface area contributed by atoms with E-state index < -0.39 is 11.7 Å². The topological polar surface area (TPSA) is 59.4 Å². The highest BCUT2D eigenvalue weighted by molar-refractivity contribution is 6.31. The molecule has 6 nitrogen and oxygen atoms in total. The van der Waals surface area contributed by atoms with Crippen molar-refractivity contribution in [2.24, 2.45) is 0 Å². The molecule has 0 bridgehead atoms. The molecule has 1 N–H and O–H groups in total. The molecule has 1 unspecified atom stereocenters. The van der Waals surface area contributed by atoms with Crippen LogP contribution in [0, 0.1) is 13.8 Å². The molecular weight excluding hydrogens is 421 g/mol. The number of nitrogens with one attached hydrogen (secondary N) is 1. The summed E-state index contributed by atoms with van der Waals surface area (Å²) in [6.45, 7) is 6.17.